The molecule has 8 heteroatoms. The Balaban J connectivity index is 1.63. The smallest absolute Gasteiger partial charge is 0.269 e. The van der Waals surface area contributed by atoms with Crippen LogP contribution >= 0.6 is 0 Å². The van der Waals surface area contributed by atoms with Gasteiger partial charge in [-0.05, 0) is 36.2 Å². The number of hydrogen-bond acceptors (Lipinski definition) is 7. The van der Waals surface area contributed by atoms with Gasteiger partial charge in [0.25, 0.3) is 5.91 Å². The lowest BCUT2D eigenvalue weighted by atomic mass is 10.1. The summed E-state index contributed by atoms with van der Waals surface area (Å²) in [6.07, 6.45) is 1.37. The first-order valence-corrected chi connectivity index (χ1v) is 8.67. The van der Waals surface area contributed by atoms with E-state index in [0.29, 0.717) is 29.4 Å². The third kappa shape index (κ3) is 4.47. The van der Waals surface area contributed by atoms with Gasteiger partial charge in [0.1, 0.15) is 17.8 Å². The fraction of sp³-hybridized carbons (Fsp3) is 0.150. The number of nitrogens with one attached hydrogen (secondary N) is 3. The average Bonchev–Trinajstić information content (AvgIpc) is 2.72. The van der Waals surface area contributed by atoms with Crippen LogP contribution in [0.3, 0.4) is 0 Å². The standard InChI is InChI=1S/C20H22N6O2/c1-13-5-3-4-6-16(13)20(27)26-25-19-17(21)18(23-12-24-19)22-11-14-7-9-15(28-2)10-8-14/h3-10,12H,11,21H2,1-2H3,(H,26,27)(H2,22,23,24,25). The van der Waals surface area contributed by atoms with Crippen LogP contribution in [0.15, 0.2) is 54.9 Å². The Morgan fingerprint density at radius 2 is 1.79 bits per heavy atom. The molecule has 2 aromatic carbocycles. The monoisotopic (exact) mass is 378 g/mol. The van der Waals surface area contributed by atoms with Gasteiger partial charge >= 0.3 is 0 Å². The highest BCUT2D eigenvalue weighted by atomic mass is 16.5. The molecule has 5 N–H and O–H groups in total. The van der Waals surface area contributed by atoms with Crippen molar-refractivity contribution < 1.29 is 9.53 Å². The molecular weight excluding hydrogens is 356 g/mol. The van der Waals surface area contributed by atoms with Crippen LogP contribution in [0, 0.1) is 6.92 Å². The molecule has 1 amide bonds. The first kappa shape index (κ1) is 19.0. The van der Waals surface area contributed by atoms with Crippen molar-refractivity contribution in [3.8, 4) is 5.75 Å². The summed E-state index contributed by atoms with van der Waals surface area (Å²) in [5.41, 5.74) is 14.3. The summed E-state index contributed by atoms with van der Waals surface area (Å²) in [6, 6.07) is 15.0. The van der Waals surface area contributed by atoms with Crippen LogP contribution in [0.2, 0.25) is 0 Å². The number of aromatic nitrogens is 2. The zero-order valence-corrected chi connectivity index (χ0v) is 15.7. The fourth-order valence-corrected chi connectivity index (χ4v) is 2.58. The second-order valence-electron chi connectivity index (χ2n) is 6.08. The lowest BCUT2D eigenvalue weighted by Crippen LogP contribution is -2.31. The number of aryl methyl sites for hydroxylation is 1. The van der Waals surface area contributed by atoms with Gasteiger partial charge in [0.2, 0.25) is 0 Å². The summed E-state index contributed by atoms with van der Waals surface area (Å²) in [7, 11) is 1.63. The summed E-state index contributed by atoms with van der Waals surface area (Å²) < 4.78 is 5.15. The van der Waals surface area contributed by atoms with Gasteiger partial charge in [0.15, 0.2) is 11.6 Å². The van der Waals surface area contributed by atoms with Crippen molar-refractivity contribution in [2.45, 2.75) is 13.5 Å². The zero-order valence-electron chi connectivity index (χ0n) is 15.7. The molecule has 1 aromatic heterocycles. The molecule has 8 nitrogen and oxygen atoms in total. The Hall–Kier alpha value is -3.81. The van der Waals surface area contributed by atoms with E-state index in [2.05, 4.69) is 26.1 Å². The molecular formula is C20H22N6O2. The van der Waals surface area contributed by atoms with Crippen LogP contribution in [0.5, 0.6) is 5.75 Å². The number of carbonyl (C=O) groups is 1. The maximum absolute atomic E-state index is 12.3. The lowest BCUT2D eigenvalue weighted by Gasteiger charge is -2.14. The van der Waals surface area contributed by atoms with Crippen LogP contribution in [-0.2, 0) is 6.54 Å². The topological polar surface area (TPSA) is 114 Å². The molecule has 0 aliphatic heterocycles. The number of hydrogen-bond donors (Lipinski definition) is 4. The van der Waals surface area contributed by atoms with Crippen molar-refractivity contribution in [3.05, 3.63) is 71.5 Å². The summed E-state index contributed by atoms with van der Waals surface area (Å²) in [5, 5.41) is 3.17. The summed E-state index contributed by atoms with van der Waals surface area (Å²) in [6.45, 7) is 2.40. The van der Waals surface area contributed by atoms with E-state index in [1.165, 1.54) is 6.33 Å². The van der Waals surface area contributed by atoms with Crippen LogP contribution in [0.4, 0.5) is 17.3 Å². The van der Waals surface area contributed by atoms with Gasteiger partial charge in [-0.25, -0.2) is 9.97 Å². The summed E-state index contributed by atoms with van der Waals surface area (Å²) in [4.78, 5) is 20.6. The number of benzene rings is 2. The van der Waals surface area contributed by atoms with Gasteiger partial charge in [-0.1, -0.05) is 30.3 Å². The molecule has 3 aromatic rings. The maximum Gasteiger partial charge on any atom is 0.269 e. The third-order valence-electron chi connectivity index (χ3n) is 4.19. The first-order valence-electron chi connectivity index (χ1n) is 8.67. The number of nitrogens with zero attached hydrogens (tertiary/aromatic N) is 2. The van der Waals surface area contributed by atoms with E-state index in [1.54, 1.807) is 13.2 Å². The maximum atomic E-state index is 12.3. The number of nitrogens with two attached hydrogens (primary N) is 1. The van der Waals surface area contributed by atoms with E-state index in [-0.39, 0.29) is 5.91 Å². The minimum absolute atomic E-state index is 0.274. The van der Waals surface area contributed by atoms with Gasteiger partial charge in [-0.2, -0.15) is 0 Å². The van der Waals surface area contributed by atoms with Crippen LogP contribution in [0.25, 0.3) is 0 Å². The Kier molecular flexibility index (Phi) is 5.91. The molecule has 0 aliphatic rings. The molecule has 0 unspecified atom stereocenters. The zero-order chi connectivity index (χ0) is 19.9. The summed E-state index contributed by atoms with van der Waals surface area (Å²) in [5.74, 6) is 1.30. The van der Waals surface area contributed by atoms with Gasteiger partial charge in [0.05, 0.1) is 7.11 Å². The second kappa shape index (κ2) is 8.72. The van der Waals surface area contributed by atoms with E-state index in [4.69, 9.17) is 10.5 Å². The molecule has 0 fully saturated rings. The third-order valence-corrected chi connectivity index (χ3v) is 4.19. The van der Waals surface area contributed by atoms with Gasteiger partial charge in [0, 0.05) is 12.1 Å². The molecule has 0 atom stereocenters. The fourth-order valence-electron chi connectivity index (χ4n) is 2.58. The van der Waals surface area contributed by atoms with E-state index in [0.717, 1.165) is 16.9 Å². The van der Waals surface area contributed by atoms with E-state index < -0.39 is 0 Å². The number of rotatable bonds is 7. The molecule has 0 aliphatic carbocycles. The molecule has 0 saturated carbocycles. The predicted octanol–water partition coefficient (Wildman–Crippen LogP) is 2.74. The molecule has 0 spiro atoms. The number of hydrazine groups is 1. The Bertz CT molecular complexity index is 959. The van der Waals surface area contributed by atoms with Crippen LogP contribution < -0.4 is 26.6 Å². The highest BCUT2D eigenvalue weighted by Crippen LogP contribution is 2.22. The molecule has 1 heterocycles. The minimum atomic E-state index is -0.274. The molecule has 3 rings (SSSR count). The van der Waals surface area contributed by atoms with Crippen molar-refractivity contribution in [2.75, 3.05) is 23.6 Å². The van der Waals surface area contributed by atoms with E-state index in [9.17, 15) is 4.79 Å². The normalized spacial score (nSPS) is 10.2. The number of anilines is 3. The number of amides is 1. The quantitative estimate of drug-likeness (QED) is 0.467. The van der Waals surface area contributed by atoms with Crippen molar-refractivity contribution in [1.82, 2.24) is 15.4 Å². The molecule has 28 heavy (non-hydrogen) atoms. The van der Waals surface area contributed by atoms with Gasteiger partial charge in [-0.15, -0.1) is 0 Å². The SMILES string of the molecule is COc1ccc(CNc2ncnc(NNC(=O)c3ccccc3C)c2N)cc1. The minimum Gasteiger partial charge on any atom is -0.497 e. The largest absolute Gasteiger partial charge is 0.497 e. The Morgan fingerprint density at radius 1 is 1.07 bits per heavy atom. The Labute approximate surface area is 163 Å². The highest BCUT2D eigenvalue weighted by Gasteiger charge is 2.11. The molecule has 0 bridgehead atoms. The van der Waals surface area contributed by atoms with E-state index >= 15 is 0 Å². The second-order valence-corrected chi connectivity index (χ2v) is 6.08. The van der Waals surface area contributed by atoms with Crippen LogP contribution in [0.1, 0.15) is 21.5 Å². The molecule has 0 radical (unpaired) electrons. The number of carbonyl (C=O) groups excluding carboxylic acids is 1. The molecule has 0 saturated heterocycles. The van der Waals surface area contributed by atoms with Crippen molar-refractivity contribution >= 4 is 23.2 Å². The van der Waals surface area contributed by atoms with Crippen molar-refractivity contribution in [2.24, 2.45) is 0 Å². The van der Waals surface area contributed by atoms with Crippen molar-refractivity contribution in [3.63, 3.8) is 0 Å². The van der Waals surface area contributed by atoms with E-state index in [1.807, 2.05) is 49.4 Å². The Morgan fingerprint density at radius 3 is 2.50 bits per heavy atom. The first-order chi connectivity index (χ1) is 13.6. The number of nitrogen functional groups attached to an aromatic ring is 1. The van der Waals surface area contributed by atoms with Gasteiger partial charge < -0.3 is 15.8 Å². The lowest BCUT2D eigenvalue weighted by molar-refractivity contribution is 0.0962. The average molecular weight is 378 g/mol. The molecule has 144 valence electrons. The highest BCUT2D eigenvalue weighted by molar-refractivity contribution is 5.96. The predicted molar refractivity (Wildman–Crippen MR) is 109 cm³/mol. The van der Waals surface area contributed by atoms with Crippen LogP contribution in [-0.4, -0.2) is 23.0 Å². The van der Waals surface area contributed by atoms with Crippen molar-refractivity contribution in [1.29, 1.82) is 0 Å². The number of methoxy groups -OCH3 is 1. The van der Waals surface area contributed by atoms with Gasteiger partial charge in [-0.3, -0.25) is 15.6 Å². The summed E-state index contributed by atoms with van der Waals surface area (Å²) >= 11 is 0. The number of ether oxygens (including phenoxy) is 1.